The summed E-state index contributed by atoms with van der Waals surface area (Å²) in [5.41, 5.74) is 11.9. The van der Waals surface area contributed by atoms with Gasteiger partial charge >= 0.3 is 12.2 Å². The number of allylic oxidation sites excluding steroid dienone is 8. The summed E-state index contributed by atoms with van der Waals surface area (Å²) < 4.78 is 33.7. The summed E-state index contributed by atoms with van der Waals surface area (Å²) in [5, 5.41) is 34.6. The van der Waals surface area contributed by atoms with Crippen LogP contribution in [0.25, 0.3) is 0 Å². The number of nitrogens with one attached hydrogen (secondary N) is 4. The fraction of sp³-hybridized carbons (Fsp3) is 0.525. The second-order valence-electron chi connectivity index (χ2n) is 21.1. The molecule has 0 unspecified atom stereocenters. The quantitative estimate of drug-likeness (QED) is 0.0774. The van der Waals surface area contributed by atoms with E-state index in [2.05, 4.69) is 21.3 Å². The molecule has 22 nitrogen and oxygen atoms in total. The van der Waals surface area contributed by atoms with E-state index in [0.29, 0.717) is 11.1 Å². The Kier molecular flexibility index (Phi) is 25.6. The maximum atomic E-state index is 14.4. The molecule has 0 aromatic carbocycles. The highest BCUT2D eigenvalue weighted by molar-refractivity contribution is 6.24. The molecule has 81 heavy (non-hydrogen) atoms. The minimum Gasteiger partial charge on any atom is -0.439 e. The molecule has 4 aliphatic rings. The zero-order chi connectivity index (χ0) is 60.4. The molecule has 0 aromatic heterocycles. The van der Waals surface area contributed by atoms with Crippen LogP contribution in [0.2, 0.25) is 0 Å². The van der Waals surface area contributed by atoms with Gasteiger partial charge in [-0.1, -0.05) is 76.3 Å². The highest BCUT2D eigenvalue weighted by Crippen LogP contribution is 2.31. The van der Waals surface area contributed by atoms with Crippen molar-refractivity contribution in [3.05, 3.63) is 117 Å². The molecule has 0 aromatic rings. The molecule has 2 aliphatic heterocycles. The number of nitrogens with two attached hydrogens (primary N) is 2. The number of amides is 4. The first-order valence-corrected chi connectivity index (χ1v) is 26.9. The van der Waals surface area contributed by atoms with Crippen molar-refractivity contribution in [2.75, 3.05) is 41.5 Å². The monoisotopic (exact) mass is 1130 g/mol. The van der Waals surface area contributed by atoms with E-state index < -0.39 is 108 Å². The first-order valence-electron chi connectivity index (χ1n) is 26.9. The van der Waals surface area contributed by atoms with Crippen LogP contribution in [0, 0.1) is 23.7 Å². The van der Waals surface area contributed by atoms with Crippen LogP contribution in [0.1, 0.15) is 87.5 Å². The summed E-state index contributed by atoms with van der Waals surface area (Å²) in [7, 11) is 5.69. The molecule has 0 spiro atoms. The minimum absolute atomic E-state index is 0.00642. The summed E-state index contributed by atoms with van der Waals surface area (Å²) in [5.74, 6) is -5.62. The number of carbonyl (C=O) groups is 8. The highest BCUT2D eigenvalue weighted by Gasteiger charge is 2.36. The SMILES string of the molecule is CO[C@H]1/C=C\C=C(/C)C(=O)NC2=CC(=O)C(NCCCNC3=C4C[C@@H](C)C[C@H](OC)[C@H](O)[C@@H](C)/C=C(\C)[C@H](OC(N)=O)[C@@H](OC)/C=C\C=C(/C)C(=O)NC(=CC3=O)C4=O)=C(C[C@@H](C)C[C@H](OC)[C@H](O)[C@@H](C)/C=C(\C)[C@@H]1OC(N)=O)C2=O. The van der Waals surface area contributed by atoms with Gasteiger partial charge in [0.05, 0.1) is 47.2 Å². The summed E-state index contributed by atoms with van der Waals surface area (Å²) in [6, 6.07) is 0. The second-order valence-corrected chi connectivity index (χ2v) is 21.1. The van der Waals surface area contributed by atoms with Gasteiger partial charge in [-0.15, -0.1) is 0 Å². The Hall–Kier alpha value is -7.08. The van der Waals surface area contributed by atoms with Crippen LogP contribution in [-0.4, -0.2) is 148 Å². The van der Waals surface area contributed by atoms with Gasteiger partial charge in [0.1, 0.15) is 12.2 Å². The van der Waals surface area contributed by atoms with Crippen LogP contribution < -0.4 is 32.7 Å². The topological polar surface area (TPSA) is 333 Å². The number of carbonyl (C=O) groups excluding carboxylic acids is 8. The van der Waals surface area contributed by atoms with E-state index in [0.717, 1.165) is 12.2 Å². The van der Waals surface area contributed by atoms with Gasteiger partial charge in [-0.25, -0.2) is 9.59 Å². The smallest absolute Gasteiger partial charge is 0.405 e. The van der Waals surface area contributed by atoms with Crippen molar-refractivity contribution in [2.24, 2.45) is 35.1 Å². The van der Waals surface area contributed by atoms with Crippen molar-refractivity contribution in [2.45, 2.75) is 136 Å². The molecule has 2 aliphatic carbocycles. The number of aliphatic hydroxyl groups is 2. The van der Waals surface area contributed by atoms with Crippen molar-refractivity contribution in [3.63, 3.8) is 0 Å². The van der Waals surface area contributed by atoms with Crippen LogP contribution in [0.5, 0.6) is 0 Å². The van der Waals surface area contributed by atoms with E-state index in [9.17, 15) is 48.6 Å². The number of rotatable bonds is 12. The molecular weight excluding hydrogens is 1050 g/mol. The van der Waals surface area contributed by atoms with Gasteiger partial charge in [0.15, 0.2) is 12.2 Å². The molecular formula is C59H82N6O16. The fourth-order valence-electron chi connectivity index (χ4n) is 10.1. The van der Waals surface area contributed by atoms with Gasteiger partial charge in [0, 0.05) is 87.8 Å². The average Bonchev–Trinajstić information content (AvgIpc) is 3.44. The molecule has 4 amide bonds. The predicted molar refractivity (Wildman–Crippen MR) is 300 cm³/mol. The lowest BCUT2D eigenvalue weighted by molar-refractivity contribution is -0.120. The van der Waals surface area contributed by atoms with Gasteiger partial charge < -0.3 is 71.4 Å². The summed E-state index contributed by atoms with van der Waals surface area (Å²) in [6.07, 6.45) is 5.74. The Balaban J connectivity index is 1.65. The van der Waals surface area contributed by atoms with Gasteiger partial charge in [0.2, 0.25) is 23.1 Å². The third-order valence-electron chi connectivity index (χ3n) is 14.5. The zero-order valence-electron chi connectivity index (χ0n) is 48.4. The molecule has 12 atom stereocenters. The fourth-order valence-corrected chi connectivity index (χ4v) is 10.1. The molecule has 4 bridgehead atoms. The maximum absolute atomic E-state index is 14.4. The first-order chi connectivity index (χ1) is 38.3. The average molecular weight is 1130 g/mol. The van der Waals surface area contributed by atoms with Crippen molar-refractivity contribution in [1.29, 1.82) is 0 Å². The normalized spacial score (nSPS) is 32.7. The van der Waals surface area contributed by atoms with Crippen LogP contribution in [-0.2, 0) is 57.2 Å². The number of aliphatic hydroxyl groups excluding tert-OH is 2. The van der Waals surface area contributed by atoms with Gasteiger partial charge in [-0.2, -0.15) is 0 Å². The number of ketones is 4. The van der Waals surface area contributed by atoms with Crippen molar-refractivity contribution in [1.82, 2.24) is 21.3 Å². The zero-order valence-corrected chi connectivity index (χ0v) is 48.4. The number of methoxy groups -OCH3 is 4. The Morgan fingerprint density at radius 3 is 1.27 bits per heavy atom. The van der Waals surface area contributed by atoms with Crippen LogP contribution in [0.15, 0.2) is 117 Å². The summed E-state index contributed by atoms with van der Waals surface area (Å²) in [4.78, 5) is 108. The Morgan fingerprint density at radius 1 is 0.593 bits per heavy atom. The Bertz CT molecular complexity index is 2530. The number of primary amides is 2. The first kappa shape index (κ1) is 66.4. The molecule has 0 saturated carbocycles. The van der Waals surface area contributed by atoms with Gasteiger partial charge in [0.25, 0.3) is 11.8 Å². The summed E-state index contributed by atoms with van der Waals surface area (Å²) >= 11 is 0. The van der Waals surface area contributed by atoms with Gasteiger partial charge in [-0.05, 0) is 82.8 Å². The lowest BCUT2D eigenvalue weighted by Crippen LogP contribution is -2.38. The van der Waals surface area contributed by atoms with Gasteiger partial charge in [-0.3, -0.25) is 28.8 Å². The third-order valence-corrected chi connectivity index (χ3v) is 14.5. The number of hydrogen-bond donors (Lipinski definition) is 8. The molecule has 22 heteroatoms. The molecule has 0 fully saturated rings. The largest absolute Gasteiger partial charge is 0.439 e. The third kappa shape index (κ3) is 18.5. The number of hydrogen-bond acceptors (Lipinski definition) is 18. The van der Waals surface area contributed by atoms with E-state index in [1.54, 1.807) is 52.0 Å². The van der Waals surface area contributed by atoms with E-state index in [4.69, 9.17) is 39.9 Å². The van der Waals surface area contributed by atoms with E-state index in [1.165, 1.54) is 66.6 Å². The standard InChI is InChI=1S/C59H82N6O16/c1-30-22-38-48(42(66)28-40(52(38)70)64-56(72)32(3)16-13-18-44(76-9)54(80-58(60)74)36(7)26-34(5)50(68)46(24-30)78-11)62-20-15-21-63-49-39-23-31(2)25-47(79-12)51(69)35(6)27-37(8)55(81-59(61)75)45(77-10)19-14-17-33(4)57(73)65-41(53(39)71)29-43(49)67/h13-14,16-19,26-31,34-35,44-47,50-51,54-55,62-63,68-69H,15,20-25H2,1-12H3,(H2,60,74)(H2,61,75)(H,64,72)(H,65,73)/b18-13-,19-14-,32-16+,33-17+,36-26+,37-27+/t30-,31-,34+,35+,44+,45+,46+,47+,50-,51-,54+,55+/m1/s1. The molecule has 0 radical (unpaired) electrons. The number of fused-ring (bicyclic) bond motifs is 4. The number of Topliss-reactive ketones (excluding diaryl/α,β-unsaturated/α-hetero) is 2. The predicted octanol–water partition coefficient (Wildman–Crippen LogP) is 4.11. The lowest BCUT2D eigenvalue weighted by Gasteiger charge is -2.30. The van der Waals surface area contributed by atoms with Crippen LogP contribution in [0.3, 0.4) is 0 Å². The van der Waals surface area contributed by atoms with Crippen LogP contribution in [0.4, 0.5) is 9.59 Å². The molecule has 4 rings (SSSR count). The summed E-state index contributed by atoms with van der Waals surface area (Å²) in [6.45, 7) is 13.8. The number of ether oxygens (including phenoxy) is 6. The maximum Gasteiger partial charge on any atom is 0.405 e. The molecule has 2 heterocycles. The van der Waals surface area contributed by atoms with Crippen molar-refractivity contribution < 1.29 is 77.0 Å². The van der Waals surface area contributed by atoms with Crippen LogP contribution >= 0.6 is 0 Å². The molecule has 10 N–H and O–H groups in total. The van der Waals surface area contributed by atoms with E-state index in [-0.39, 0.29) is 102 Å². The minimum atomic E-state index is -1.09. The Labute approximate surface area is 473 Å². The second kappa shape index (κ2) is 31.2. The lowest BCUT2D eigenvalue weighted by atomic mass is 9.85. The highest BCUT2D eigenvalue weighted by atomic mass is 16.6. The van der Waals surface area contributed by atoms with E-state index >= 15 is 0 Å². The molecule has 0 saturated heterocycles. The molecule has 444 valence electrons. The van der Waals surface area contributed by atoms with Crippen molar-refractivity contribution >= 4 is 47.1 Å². The van der Waals surface area contributed by atoms with E-state index in [1.807, 2.05) is 13.8 Å². The Morgan fingerprint density at radius 2 is 0.951 bits per heavy atom. The van der Waals surface area contributed by atoms with Crippen molar-refractivity contribution in [3.8, 4) is 0 Å².